The first-order valence-corrected chi connectivity index (χ1v) is 6.74. The summed E-state index contributed by atoms with van der Waals surface area (Å²) in [6.07, 6.45) is 2.53. The molecular formula is C14H26N4O. The molecule has 0 atom stereocenters. The fourth-order valence-corrected chi connectivity index (χ4v) is 2.11. The molecule has 0 saturated heterocycles. The number of carbonyl (C=O) groups excluding carboxylic acids is 1. The van der Waals surface area contributed by atoms with Crippen LogP contribution in [0.4, 0.5) is 0 Å². The van der Waals surface area contributed by atoms with E-state index in [1.54, 1.807) is 11.1 Å². The maximum Gasteiger partial charge on any atom is 0.257 e. The molecule has 0 fully saturated rings. The summed E-state index contributed by atoms with van der Waals surface area (Å²) in [5, 5.41) is 4.27. The average molecular weight is 266 g/mol. The van der Waals surface area contributed by atoms with E-state index >= 15 is 0 Å². The number of rotatable bonds is 5. The number of hydrogen-bond acceptors (Lipinski definition) is 3. The Hall–Kier alpha value is -1.36. The minimum atomic E-state index is 0.0337. The molecule has 0 aromatic carbocycles. The molecule has 0 saturated carbocycles. The van der Waals surface area contributed by atoms with Gasteiger partial charge in [-0.15, -0.1) is 0 Å². The SMILES string of the molecule is Cc1c(C(=O)N(C)CC(C)(C)C)cnn1CCCN. The van der Waals surface area contributed by atoms with Gasteiger partial charge in [0.05, 0.1) is 11.8 Å². The van der Waals surface area contributed by atoms with Crippen molar-refractivity contribution < 1.29 is 4.79 Å². The van der Waals surface area contributed by atoms with Crippen LogP contribution in [0.1, 0.15) is 43.2 Å². The molecule has 0 aliphatic heterocycles. The first-order valence-electron chi connectivity index (χ1n) is 6.74. The summed E-state index contributed by atoms with van der Waals surface area (Å²) in [4.78, 5) is 14.1. The summed E-state index contributed by atoms with van der Waals surface area (Å²) in [5.41, 5.74) is 7.19. The van der Waals surface area contributed by atoms with Crippen molar-refractivity contribution in [1.29, 1.82) is 0 Å². The summed E-state index contributed by atoms with van der Waals surface area (Å²) in [6.45, 7) is 10.4. The lowest BCUT2D eigenvalue weighted by molar-refractivity contribution is 0.0744. The van der Waals surface area contributed by atoms with Gasteiger partial charge < -0.3 is 10.6 Å². The molecule has 0 bridgehead atoms. The lowest BCUT2D eigenvalue weighted by Crippen LogP contribution is -2.34. The van der Waals surface area contributed by atoms with Crippen LogP contribution in [0.2, 0.25) is 0 Å². The first-order chi connectivity index (χ1) is 8.76. The molecule has 1 amide bonds. The van der Waals surface area contributed by atoms with E-state index in [1.807, 2.05) is 18.7 Å². The monoisotopic (exact) mass is 266 g/mol. The van der Waals surface area contributed by atoms with Crippen molar-refractivity contribution in [2.24, 2.45) is 11.1 Å². The van der Waals surface area contributed by atoms with Gasteiger partial charge in [0.2, 0.25) is 0 Å². The predicted molar refractivity (Wildman–Crippen MR) is 77.1 cm³/mol. The van der Waals surface area contributed by atoms with Gasteiger partial charge in [-0.05, 0) is 25.3 Å². The van der Waals surface area contributed by atoms with E-state index < -0.39 is 0 Å². The molecule has 0 aliphatic carbocycles. The van der Waals surface area contributed by atoms with Crippen LogP contribution in [0, 0.1) is 12.3 Å². The maximum atomic E-state index is 12.4. The number of amides is 1. The largest absolute Gasteiger partial charge is 0.341 e. The normalized spacial score (nSPS) is 11.7. The molecule has 5 heteroatoms. The predicted octanol–water partition coefficient (Wildman–Crippen LogP) is 1.66. The first kappa shape index (κ1) is 15.7. The van der Waals surface area contributed by atoms with E-state index in [2.05, 4.69) is 25.9 Å². The number of aryl methyl sites for hydroxylation is 1. The van der Waals surface area contributed by atoms with E-state index in [0.717, 1.165) is 25.2 Å². The highest BCUT2D eigenvalue weighted by Crippen LogP contribution is 2.17. The fourth-order valence-electron chi connectivity index (χ4n) is 2.11. The van der Waals surface area contributed by atoms with Crippen LogP contribution in [-0.4, -0.2) is 40.7 Å². The van der Waals surface area contributed by atoms with Gasteiger partial charge in [0.1, 0.15) is 0 Å². The van der Waals surface area contributed by atoms with Crippen molar-refractivity contribution in [3.8, 4) is 0 Å². The third kappa shape index (κ3) is 4.35. The van der Waals surface area contributed by atoms with Gasteiger partial charge in [0.25, 0.3) is 5.91 Å². The van der Waals surface area contributed by atoms with Gasteiger partial charge in [-0.2, -0.15) is 5.10 Å². The Morgan fingerprint density at radius 2 is 2.11 bits per heavy atom. The number of nitrogens with two attached hydrogens (primary N) is 1. The highest BCUT2D eigenvalue weighted by Gasteiger charge is 2.21. The molecule has 0 spiro atoms. The molecule has 2 N–H and O–H groups in total. The summed E-state index contributed by atoms with van der Waals surface area (Å²) in [5.74, 6) is 0.0337. The van der Waals surface area contributed by atoms with E-state index in [9.17, 15) is 4.79 Å². The number of nitrogens with zero attached hydrogens (tertiary/aromatic N) is 3. The number of aromatic nitrogens is 2. The van der Waals surface area contributed by atoms with Gasteiger partial charge in [0, 0.05) is 25.8 Å². The van der Waals surface area contributed by atoms with Crippen molar-refractivity contribution in [3.63, 3.8) is 0 Å². The van der Waals surface area contributed by atoms with Crippen molar-refractivity contribution in [2.45, 2.75) is 40.7 Å². The second kappa shape index (κ2) is 6.19. The number of carbonyl (C=O) groups is 1. The molecule has 5 nitrogen and oxygen atoms in total. The highest BCUT2D eigenvalue weighted by atomic mass is 16.2. The molecule has 19 heavy (non-hydrogen) atoms. The van der Waals surface area contributed by atoms with Gasteiger partial charge in [-0.1, -0.05) is 20.8 Å². The minimum Gasteiger partial charge on any atom is -0.341 e. The lowest BCUT2D eigenvalue weighted by atomic mass is 9.96. The van der Waals surface area contributed by atoms with Crippen LogP contribution in [0.15, 0.2) is 6.20 Å². The maximum absolute atomic E-state index is 12.4. The Morgan fingerprint density at radius 3 is 2.63 bits per heavy atom. The molecule has 0 radical (unpaired) electrons. The molecule has 1 aromatic heterocycles. The van der Waals surface area contributed by atoms with Crippen LogP contribution >= 0.6 is 0 Å². The van der Waals surface area contributed by atoms with Gasteiger partial charge in [0.15, 0.2) is 0 Å². The third-order valence-electron chi connectivity index (χ3n) is 2.97. The average Bonchev–Trinajstić information content (AvgIpc) is 2.65. The van der Waals surface area contributed by atoms with Gasteiger partial charge in [-0.25, -0.2) is 0 Å². The lowest BCUT2D eigenvalue weighted by Gasteiger charge is -2.26. The van der Waals surface area contributed by atoms with Crippen LogP contribution in [0.5, 0.6) is 0 Å². The van der Waals surface area contributed by atoms with E-state index in [-0.39, 0.29) is 11.3 Å². The molecule has 0 unspecified atom stereocenters. The molecule has 1 rings (SSSR count). The van der Waals surface area contributed by atoms with Crippen molar-refractivity contribution >= 4 is 5.91 Å². The minimum absolute atomic E-state index is 0.0337. The zero-order valence-electron chi connectivity index (χ0n) is 12.7. The van der Waals surface area contributed by atoms with Crippen LogP contribution in [-0.2, 0) is 6.54 Å². The summed E-state index contributed by atoms with van der Waals surface area (Å²) in [6, 6.07) is 0. The van der Waals surface area contributed by atoms with Crippen LogP contribution in [0.25, 0.3) is 0 Å². The Morgan fingerprint density at radius 1 is 1.47 bits per heavy atom. The molecule has 108 valence electrons. The molecule has 1 heterocycles. The van der Waals surface area contributed by atoms with Crippen LogP contribution in [0.3, 0.4) is 0 Å². The molecule has 0 aliphatic rings. The second-order valence-electron chi connectivity index (χ2n) is 6.23. The van der Waals surface area contributed by atoms with Crippen molar-refractivity contribution in [3.05, 3.63) is 17.5 Å². The topological polar surface area (TPSA) is 64.2 Å². The molecular weight excluding hydrogens is 240 g/mol. The Balaban J connectivity index is 2.80. The standard InChI is InChI=1S/C14H26N4O/c1-11-12(9-16-18(11)8-6-7-15)13(19)17(5)10-14(2,3)4/h9H,6-8,10,15H2,1-5H3. The number of hydrogen-bond donors (Lipinski definition) is 1. The van der Waals surface area contributed by atoms with Crippen molar-refractivity contribution in [1.82, 2.24) is 14.7 Å². The van der Waals surface area contributed by atoms with E-state index in [0.29, 0.717) is 12.1 Å². The van der Waals surface area contributed by atoms with E-state index in [1.165, 1.54) is 0 Å². The van der Waals surface area contributed by atoms with Crippen LogP contribution < -0.4 is 5.73 Å². The smallest absolute Gasteiger partial charge is 0.257 e. The zero-order chi connectivity index (χ0) is 14.6. The van der Waals surface area contributed by atoms with Gasteiger partial charge >= 0.3 is 0 Å². The Kier molecular flexibility index (Phi) is 5.11. The Labute approximate surface area is 115 Å². The van der Waals surface area contributed by atoms with Gasteiger partial charge in [-0.3, -0.25) is 9.48 Å². The zero-order valence-corrected chi connectivity index (χ0v) is 12.7. The Bertz CT molecular complexity index is 431. The second-order valence-corrected chi connectivity index (χ2v) is 6.23. The molecule has 1 aromatic rings. The summed E-state index contributed by atoms with van der Waals surface area (Å²) in [7, 11) is 1.84. The summed E-state index contributed by atoms with van der Waals surface area (Å²) < 4.78 is 1.85. The third-order valence-corrected chi connectivity index (χ3v) is 2.97. The highest BCUT2D eigenvalue weighted by molar-refractivity contribution is 5.94. The van der Waals surface area contributed by atoms with E-state index in [4.69, 9.17) is 5.73 Å². The quantitative estimate of drug-likeness (QED) is 0.881. The summed E-state index contributed by atoms with van der Waals surface area (Å²) >= 11 is 0. The fraction of sp³-hybridized carbons (Fsp3) is 0.714. The van der Waals surface area contributed by atoms with Crippen molar-refractivity contribution in [2.75, 3.05) is 20.1 Å².